The molecule has 1 heterocycles. The van der Waals surface area contributed by atoms with Crippen molar-refractivity contribution in [2.45, 2.75) is 64.8 Å². The second-order valence-electron chi connectivity index (χ2n) is 8.14. The van der Waals surface area contributed by atoms with Crippen molar-refractivity contribution < 1.29 is 9.59 Å². The highest BCUT2D eigenvalue weighted by molar-refractivity contribution is 5.92. The number of hydrogen-bond donors (Lipinski definition) is 1. The molecule has 27 heavy (non-hydrogen) atoms. The van der Waals surface area contributed by atoms with Crippen LogP contribution in [0.15, 0.2) is 24.3 Å². The van der Waals surface area contributed by atoms with Gasteiger partial charge in [-0.1, -0.05) is 43.0 Å². The topological polar surface area (TPSA) is 49.4 Å². The molecular weight excluding hydrogens is 336 g/mol. The second-order valence-corrected chi connectivity index (χ2v) is 8.14. The molecule has 3 rings (SSSR count). The largest absolute Gasteiger partial charge is 0.353 e. The number of nitrogens with one attached hydrogen (secondary N) is 1. The number of likely N-dealkylation sites (tertiary alicyclic amines) is 1. The monoisotopic (exact) mass is 368 g/mol. The van der Waals surface area contributed by atoms with Crippen LogP contribution in [0.3, 0.4) is 0 Å². The number of carbonyl (C=O) groups excluding carboxylic acids is 2. The highest BCUT2D eigenvalue weighted by Gasteiger charge is 2.26. The predicted octanol–water partition coefficient (Wildman–Crippen LogP) is 4.00. The van der Waals surface area contributed by atoms with Crippen LogP contribution in [0.1, 0.15) is 61.6 Å². The molecule has 0 radical (unpaired) electrons. The average Bonchev–Trinajstić information content (AvgIpc) is 2.68. The summed E-state index contributed by atoms with van der Waals surface area (Å²) in [5.74, 6) is 0.500. The third-order valence-corrected chi connectivity index (χ3v) is 5.96. The van der Waals surface area contributed by atoms with Crippen molar-refractivity contribution in [2.24, 2.45) is 5.92 Å². The summed E-state index contributed by atoms with van der Waals surface area (Å²) >= 11 is 0. The number of nitrogens with zero attached hydrogens (tertiary/aromatic N) is 1. The van der Waals surface area contributed by atoms with Crippen LogP contribution in [0.25, 0.3) is 6.08 Å². The maximum absolute atomic E-state index is 12.5. The summed E-state index contributed by atoms with van der Waals surface area (Å²) in [6, 6.07) is 6.47. The predicted molar refractivity (Wildman–Crippen MR) is 109 cm³/mol. The van der Waals surface area contributed by atoms with E-state index in [4.69, 9.17) is 0 Å². The normalized spacial score (nSPS) is 19.4. The van der Waals surface area contributed by atoms with E-state index in [9.17, 15) is 9.59 Å². The highest BCUT2D eigenvalue weighted by atomic mass is 16.2. The zero-order valence-corrected chi connectivity index (χ0v) is 16.7. The van der Waals surface area contributed by atoms with Crippen molar-refractivity contribution in [3.8, 4) is 0 Å². The fourth-order valence-electron chi connectivity index (χ4n) is 4.21. The van der Waals surface area contributed by atoms with Crippen molar-refractivity contribution in [1.82, 2.24) is 10.2 Å². The fourth-order valence-corrected chi connectivity index (χ4v) is 4.21. The van der Waals surface area contributed by atoms with Gasteiger partial charge in [-0.25, -0.2) is 0 Å². The lowest BCUT2D eigenvalue weighted by Crippen LogP contribution is -2.47. The molecule has 0 unspecified atom stereocenters. The molecule has 2 amide bonds. The minimum absolute atomic E-state index is 0.0621. The van der Waals surface area contributed by atoms with E-state index in [2.05, 4.69) is 37.4 Å². The second kappa shape index (κ2) is 9.20. The van der Waals surface area contributed by atoms with E-state index in [1.165, 1.54) is 30.4 Å². The van der Waals surface area contributed by atoms with Gasteiger partial charge >= 0.3 is 0 Å². The molecule has 4 heteroatoms. The van der Waals surface area contributed by atoms with Crippen molar-refractivity contribution >= 4 is 17.9 Å². The van der Waals surface area contributed by atoms with Gasteiger partial charge in [0, 0.05) is 31.1 Å². The SMILES string of the molecule is Cc1ccc(/C=C/C(=O)N2CCC(NC(=O)C3CCCCC3)CC2)c(C)c1. The molecule has 0 aromatic heterocycles. The molecule has 146 valence electrons. The highest BCUT2D eigenvalue weighted by Crippen LogP contribution is 2.24. The molecule has 1 N–H and O–H groups in total. The Balaban J connectivity index is 1.46. The molecule has 1 aliphatic carbocycles. The van der Waals surface area contributed by atoms with Crippen LogP contribution >= 0.6 is 0 Å². The molecule has 1 saturated carbocycles. The van der Waals surface area contributed by atoms with Crippen molar-refractivity contribution in [1.29, 1.82) is 0 Å². The summed E-state index contributed by atoms with van der Waals surface area (Å²) in [6.07, 6.45) is 11.0. The number of benzene rings is 1. The van der Waals surface area contributed by atoms with Gasteiger partial charge in [0.2, 0.25) is 11.8 Å². The zero-order valence-electron chi connectivity index (χ0n) is 16.7. The Kier molecular flexibility index (Phi) is 6.70. The molecule has 1 aromatic carbocycles. The Labute approximate surface area is 163 Å². The van der Waals surface area contributed by atoms with Gasteiger partial charge < -0.3 is 10.2 Å². The summed E-state index contributed by atoms with van der Waals surface area (Å²) in [5.41, 5.74) is 3.50. The van der Waals surface area contributed by atoms with Gasteiger partial charge in [-0.15, -0.1) is 0 Å². The van der Waals surface area contributed by atoms with E-state index >= 15 is 0 Å². The number of amides is 2. The lowest BCUT2D eigenvalue weighted by atomic mass is 9.88. The first-order valence-electron chi connectivity index (χ1n) is 10.4. The Morgan fingerprint density at radius 2 is 1.74 bits per heavy atom. The van der Waals surface area contributed by atoms with Crippen molar-refractivity contribution in [3.05, 3.63) is 41.0 Å². The summed E-state index contributed by atoms with van der Waals surface area (Å²) in [6.45, 7) is 5.57. The number of hydrogen-bond acceptors (Lipinski definition) is 2. The van der Waals surface area contributed by atoms with Crippen molar-refractivity contribution in [3.63, 3.8) is 0 Å². The molecule has 0 bridgehead atoms. The van der Waals surface area contributed by atoms with Gasteiger partial charge in [-0.05, 0) is 56.7 Å². The smallest absolute Gasteiger partial charge is 0.246 e. The molecule has 0 atom stereocenters. The van der Waals surface area contributed by atoms with Gasteiger partial charge in [0.25, 0.3) is 0 Å². The third kappa shape index (κ3) is 5.44. The molecule has 4 nitrogen and oxygen atoms in total. The summed E-state index contributed by atoms with van der Waals surface area (Å²) in [4.78, 5) is 26.8. The number of carbonyl (C=O) groups is 2. The van der Waals surface area contributed by atoms with Crippen LogP contribution in [0.4, 0.5) is 0 Å². The molecule has 1 saturated heterocycles. The minimum Gasteiger partial charge on any atom is -0.353 e. The number of piperidine rings is 1. The van der Waals surface area contributed by atoms with Crippen LogP contribution in [-0.4, -0.2) is 35.8 Å². The van der Waals surface area contributed by atoms with E-state index < -0.39 is 0 Å². The average molecular weight is 369 g/mol. The van der Waals surface area contributed by atoms with E-state index in [0.717, 1.165) is 31.2 Å². The molecule has 1 aromatic rings. The molecular formula is C23H32N2O2. The zero-order chi connectivity index (χ0) is 19.2. The maximum atomic E-state index is 12.5. The van der Waals surface area contributed by atoms with Gasteiger partial charge in [0.15, 0.2) is 0 Å². The first-order chi connectivity index (χ1) is 13.0. The van der Waals surface area contributed by atoms with Crippen LogP contribution in [0.2, 0.25) is 0 Å². The van der Waals surface area contributed by atoms with E-state index in [1.54, 1.807) is 6.08 Å². The maximum Gasteiger partial charge on any atom is 0.246 e. The summed E-state index contributed by atoms with van der Waals surface area (Å²) in [7, 11) is 0. The Morgan fingerprint density at radius 1 is 1.04 bits per heavy atom. The quantitative estimate of drug-likeness (QED) is 0.817. The minimum atomic E-state index is 0.0621. The van der Waals surface area contributed by atoms with Gasteiger partial charge in [-0.3, -0.25) is 9.59 Å². The number of rotatable bonds is 4. The lowest BCUT2D eigenvalue weighted by molar-refractivity contribution is -0.128. The lowest BCUT2D eigenvalue weighted by Gasteiger charge is -2.33. The first kappa shape index (κ1) is 19.7. The first-order valence-corrected chi connectivity index (χ1v) is 10.4. The third-order valence-electron chi connectivity index (χ3n) is 5.96. The molecule has 0 spiro atoms. The van der Waals surface area contributed by atoms with Gasteiger partial charge in [-0.2, -0.15) is 0 Å². The van der Waals surface area contributed by atoms with Gasteiger partial charge in [0.05, 0.1) is 0 Å². The van der Waals surface area contributed by atoms with E-state index in [1.807, 2.05) is 11.0 Å². The Hall–Kier alpha value is -2.10. The number of aryl methyl sites for hydroxylation is 2. The standard InChI is InChI=1S/C23H32N2O2/c1-17-8-9-19(18(2)16-17)10-11-22(26)25-14-12-21(13-15-25)24-23(27)20-6-4-3-5-7-20/h8-11,16,20-21H,3-7,12-15H2,1-2H3,(H,24,27)/b11-10+. The van der Waals surface area contributed by atoms with Crippen LogP contribution < -0.4 is 5.32 Å². The molecule has 1 aliphatic heterocycles. The van der Waals surface area contributed by atoms with Crippen molar-refractivity contribution in [2.75, 3.05) is 13.1 Å². The van der Waals surface area contributed by atoms with Crippen LogP contribution in [-0.2, 0) is 9.59 Å². The molecule has 2 fully saturated rings. The van der Waals surface area contributed by atoms with Crippen LogP contribution in [0.5, 0.6) is 0 Å². The Morgan fingerprint density at radius 3 is 2.41 bits per heavy atom. The van der Waals surface area contributed by atoms with Gasteiger partial charge in [0.1, 0.15) is 0 Å². The summed E-state index contributed by atoms with van der Waals surface area (Å²) < 4.78 is 0. The van der Waals surface area contributed by atoms with Crippen LogP contribution in [0, 0.1) is 19.8 Å². The molecule has 2 aliphatic rings. The van der Waals surface area contributed by atoms with E-state index in [0.29, 0.717) is 13.1 Å². The van der Waals surface area contributed by atoms with E-state index in [-0.39, 0.29) is 23.8 Å². The fraction of sp³-hybridized carbons (Fsp3) is 0.565. The Bertz CT molecular complexity index is 696. The summed E-state index contributed by atoms with van der Waals surface area (Å²) in [5, 5.41) is 3.22.